The van der Waals surface area contributed by atoms with E-state index in [9.17, 15) is 8.42 Å². The zero-order chi connectivity index (χ0) is 15.4. The van der Waals surface area contributed by atoms with Crippen LogP contribution in [0, 0.1) is 5.92 Å². The van der Waals surface area contributed by atoms with Gasteiger partial charge in [0.1, 0.15) is 0 Å². The van der Waals surface area contributed by atoms with E-state index >= 15 is 0 Å². The van der Waals surface area contributed by atoms with Gasteiger partial charge in [-0.05, 0) is 43.4 Å². The van der Waals surface area contributed by atoms with Gasteiger partial charge in [-0.3, -0.25) is 0 Å². The van der Waals surface area contributed by atoms with E-state index in [1.54, 1.807) is 18.2 Å². The smallest absolute Gasteiger partial charge is 0.241 e. The number of nitrogens with one attached hydrogen (secondary N) is 1. The van der Waals surface area contributed by atoms with Gasteiger partial charge in [0.15, 0.2) is 0 Å². The van der Waals surface area contributed by atoms with E-state index in [1.165, 1.54) is 0 Å². The fourth-order valence-electron chi connectivity index (χ4n) is 2.38. The number of hydrogen-bond donors (Lipinski definition) is 2. The molecule has 6 heteroatoms. The minimum Gasteiger partial charge on any atom is -0.329 e. The van der Waals surface area contributed by atoms with Gasteiger partial charge in [-0.1, -0.05) is 32.9 Å². The quantitative estimate of drug-likeness (QED) is 0.805. The van der Waals surface area contributed by atoms with Gasteiger partial charge in [0, 0.05) is 12.1 Å². The molecular formula is C15H27ClN2O2S. The Bertz CT molecular complexity index is 546. The molecule has 0 amide bonds. The van der Waals surface area contributed by atoms with Gasteiger partial charge >= 0.3 is 0 Å². The zero-order valence-electron chi connectivity index (χ0n) is 13.2. The first-order chi connectivity index (χ1) is 9.22. The highest BCUT2D eigenvalue weighted by molar-refractivity contribution is 7.89. The normalized spacial score (nSPS) is 14.6. The van der Waals surface area contributed by atoms with Gasteiger partial charge in [-0.25, -0.2) is 13.1 Å². The fourth-order valence-corrected chi connectivity index (χ4v) is 3.88. The number of halogens is 1. The Morgan fingerprint density at radius 3 is 2.43 bits per heavy atom. The predicted octanol–water partition coefficient (Wildman–Crippen LogP) is 2.71. The van der Waals surface area contributed by atoms with E-state index in [0.29, 0.717) is 17.2 Å². The van der Waals surface area contributed by atoms with Crippen molar-refractivity contribution in [2.75, 3.05) is 6.54 Å². The summed E-state index contributed by atoms with van der Waals surface area (Å²) in [6.45, 7) is 8.24. The first-order valence-electron chi connectivity index (χ1n) is 7.05. The summed E-state index contributed by atoms with van der Waals surface area (Å²) in [5, 5.41) is 0. The number of hydrogen-bond acceptors (Lipinski definition) is 3. The van der Waals surface area contributed by atoms with Crippen LogP contribution in [-0.4, -0.2) is 20.5 Å². The Balaban J connectivity index is 0.00000400. The summed E-state index contributed by atoms with van der Waals surface area (Å²) >= 11 is 0. The molecule has 0 saturated carbocycles. The summed E-state index contributed by atoms with van der Waals surface area (Å²) in [7, 11) is -3.54. The highest BCUT2D eigenvalue weighted by Crippen LogP contribution is 2.20. The SMILES string of the molecule is CCc1cccc(S(=O)(=O)NC(C)(CN)CC(C)C)c1.Cl. The average Bonchev–Trinajstić information content (AvgIpc) is 2.37. The van der Waals surface area contributed by atoms with Crippen LogP contribution in [0.25, 0.3) is 0 Å². The molecule has 0 aromatic heterocycles. The average molecular weight is 335 g/mol. The molecule has 4 nitrogen and oxygen atoms in total. The summed E-state index contributed by atoms with van der Waals surface area (Å²) in [5.41, 5.74) is 6.16. The molecule has 0 heterocycles. The molecule has 0 fully saturated rings. The lowest BCUT2D eigenvalue weighted by Gasteiger charge is -2.30. The Kier molecular flexibility index (Phi) is 7.89. The highest BCUT2D eigenvalue weighted by atomic mass is 35.5. The molecule has 0 spiro atoms. The molecule has 1 unspecified atom stereocenters. The van der Waals surface area contributed by atoms with Crippen LogP contribution in [0.3, 0.4) is 0 Å². The van der Waals surface area contributed by atoms with Crippen molar-refractivity contribution in [3.8, 4) is 0 Å². The van der Waals surface area contributed by atoms with Crippen LogP contribution in [-0.2, 0) is 16.4 Å². The number of benzene rings is 1. The zero-order valence-corrected chi connectivity index (χ0v) is 14.9. The van der Waals surface area contributed by atoms with E-state index in [-0.39, 0.29) is 19.0 Å². The molecular weight excluding hydrogens is 308 g/mol. The van der Waals surface area contributed by atoms with Gasteiger partial charge in [0.2, 0.25) is 10.0 Å². The van der Waals surface area contributed by atoms with Gasteiger partial charge in [-0.2, -0.15) is 0 Å². The van der Waals surface area contributed by atoms with E-state index in [0.717, 1.165) is 12.0 Å². The summed E-state index contributed by atoms with van der Waals surface area (Å²) in [5.74, 6) is 0.369. The van der Waals surface area contributed by atoms with Crippen molar-refractivity contribution < 1.29 is 8.42 Å². The van der Waals surface area contributed by atoms with Crippen molar-refractivity contribution in [3.05, 3.63) is 29.8 Å². The lowest BCUT2D eigenvalue weighted by atomic mass is 9.92. The standard InChI is InChI=1S/C15H26N2O2S.ClH/c1-5-13-7-6-8-14(9-13)20(18,19)17-15(4,11-16)10-12(2)3;/h6-9,12,17H,5,10-11,16H2,1-4H3;1H. The van der Waals surface area contributed by atoms with Gasteiger partial charge in [-0.15, -0.1) is 12.4 Å². The lowest BCUT2D eigenvalue weighted by molar-refractivity contribution is 0.344. The molecule has 1 aromatic carbocycles. The molecule has 122 valence electrons. The summed E-state index contributed by atoms with van der Waals surface area (Å²) in [6.07, 6.45) is 1.51. The topological polar surface area (TPSA) is 72.2 Å². The minimum atomic E-state index is -3.54. The van der Waals surface area contributed by atoms with Gasteiger partial charge in [0.25, 0.3) is 0 Å². The van der Waals surface area contributed by atoms with E-state index in [2.05, 4.69) is 18.6 Å². The summed E-state index contributed by atoms with van der Waals surface area (Å²) in [4.78, 5) is 0.306. The third kappa shape index (κ3) is 5.94. The fraction of sp³-hybridized carbons (Fsp3) is 0.600. The van der Waals surface area contributed by atoms with E-state index < -0.39 is 15.6 Å². The minimum absolute atomic E-state index is 0. The number of aryl methyl sites for hydroxylation is 1. The summed E-state index contributed by atoms with van der Waals surface area (Å²) < 4.78 is 27.7. The maximum absolute atomic E-state index is 12.5. The summed E-state index contributed by atoms with van der Waals surface area (Å²) in [6, 6.07) is 7.04. The third-order valence-corrected chi connectivity index (χ3v) is 4.94. The molecule has 1 atom stereocenters. The monoisotopic (exact) mass is 334 g/mol. The number of sulfonamides is 1. The Morgan fingerprint density at radius 1 is 1.33 bits per heavy atom. The second-order valence-electron chi connectivity index (χ2n) is 5.97. The largest absolute Gasteiger partial charge is 0.329 e. The maximum atomic E-state index is 12.5. The van der Waals surface area contributed by atoms with Crippen LogP contribution in [0.4, 0.5) is 0 Å². The van der Waals surface area contributed by atoms with E-state index in [1.807, 2.05) is 19.9 Å². The van der Waals surface area contributed by atoms with Crippen LogP contribution in [0.2, 0.25) is 0 Å². The molecule has 0 aliphatic heterocycles. The molecule has 3 N–H and O–H groups in total. The first kappa shape index (κ1) is 20.4. The van der Waals surface area contributed by atoms with Crippen LogP contribution >= 0.6 is 12.4 Å². The van der Waals surface area contributed by atoms with Crippen molar-refractivity contribution in [3.63, 3.8) is 0 Å². The maximum Gasteiger partial charge on any atom is 0.241 e. The van der Waals surface area contributed by atoms with Gasteiger partial charge in [0.05, 0.1) is 4.90 Å². The molecule has 21 heavy (non-hydrogen) atoms. The third-order valence-electron chi connectivity index (χ3n) is 3.31. The Labute approximate surface area is 135 Å². The highest BCUT2D eigenvalue weighted by Gasteiger charge is 2.30. The van der Waals surface area contributed by atoms with Crippen LogP contribution in [0.5, 0.6) is 0 Å². The van der Waals surface area contributed by atoms with E-state index in [4.69, 9.17) is 5.73 Å². The molecule has 1 rings (SSSR count). The molecule has 0 radical (unpaired) electrons. The van der Waals surface area contributed by atoms with Crippen LogP contribution in [0.15, 0.2) is 29.2 Å². The Hall–Kier alpha value is -0.620. The van der Waals surface area contributed by atoms with Crippen molar-refractivity contribution in [2.24, 2.45) is 11.7 Å². The second kappa shape index (κ2) is 8.13. The number of nitrogens with two attached hydrogens (primary N) is 1. The van der Waals surface area contributed by atoms with Crippen molar-refractivity contribution in [2.45, 2.75) is 51.0 Å². The van der Waals surface area contributed by atoms with Gasteiger partial charge < -0.3 is 5.73 Å². The molecule has 0 aliphatic carbocycles. The molecule has 0 aliphatic rings. The van der Waals surface area contributed by atoms with Crippen LogP contribution in [0.1, 0.15) is 39.7 Å². The predicted molar refractivity (Wildman–Crippen MR) is 90.3 cm³/mol. The lowest BCUT2D eigenvalue weighted by Crippen LogP contribution is -2.51. The van der Waals surface area contributed by atoms with Crippen molar-refractivity contribution in [1.29, 1.82) is 0 Å². The number of rotatable bonds is 7. The second-order valence-corrected chi connectivity index (χ2v) is 7.65. The molecule has 0 bridgehead atoms. The van der Waals surface area contributed by atoms with Crippen molar-refractivity contribution >= 4 is 22.4 Å². The first-order valence-corrected chi connectivity index (χ1v) is 8.54. The molecule has 0 saturated heterocycles. The van der Waals surface area contributed by atoms with Crippen LogP contribution < -0.4 is 10.5 Å². The molecule has 1 aromatic rings. The van der Waals surface area contributed by atoms with Crippen molar-refractivity contribution in [1.82, 2.24) is 4.72 Å². The Morgan fingerprint density at radius 2 is 1.95 bits per heavy atom.